The van der Waals surface area contributed by atoms with E-state index in [0.717, 1.165) is 5.56 Å². The zero-order valence-corrected chi connectivity index (χ0v) is 13.9. The number of hydrogen-bond acceptors (Lipinski definition) is 3. The third-order valence-electron chi connectivity index (χ3n) is 2.06. The topological polar surface area (TPSA) is 79.9 Å². The van der Waals surface area contributed by atoms with E-state index in [2.05, 4.69) is 26.2 Å². The van der Waals surface area contributed by atoms with Crippen LogP contribution < -0.4 is 11.1 Å². The van der Waals surface area contributed by atoms with E-state index < -0.39 is 0 Å². The van der Waals surface area contributed by atoms with Crippen molar-refractivity contribution in [2.75, 3.05) is 20.3 Å². The molecule has 0 saturated heterocycles. The molecule has 1 aromatic carbocycles. The summed E-state index contributed by atoms with van der Waals surface area (Å²) in [5, 5.41) is 12.3. The van der Waals surface area contributed by atoms with Crippen LogP contribution in [0.25, 0.3) is 0 Å². The molecule has 102 valence electrons. The fourth-order valence-electron chi connectivity index (χ4n) is 1.16. The van der Waals surface area contributed by atoms with E-state index in [1.54, 1.807) is 25.3 Å². The summed E-state index contributed by atoms with van der Waals surface area (Å²) in [7, 11) is 1.63. The zero-order chi connectivity index (χ0) is 12.7. The summed E-state index contributed by atoms with van der Waals surface area (Å²) >= 11 is 3.24. The molecule has 0 atom stereocenters. The minimum atomic E-state index is 0. The van der Waals surface area contributed by atoms with Crippen molar-refractivity contribution in [1.29, 1.82) is 0 Å². The number of aliphatic imine (C=N–C) groups is 1. The average molecular weight is 430 g/mol. The van der Waals surface area contributed by atoms with Crippen LogP contribution in [0.3, 0.4) is 0 Å². The highest BCUT2D eigenvalue weighted by molar-refractivity contribution is 14.0. The Labute approximate surface area is 132 Å². The van der Waals surface area contributed by atoms with Crippen molar-refractivity contribution in [2.45, 2.75) is 6.54 Å². The predicted octanol–water partition coefficient (Wildman–Crippen LogP) is 1.82. The quantitative estimate of drug-likeness (QED) is 0.288. The highest BCUT2D eigenvalue weighted by Crippen LogP contribution is 2.24. The van der Waals surface area contributed by atoms with Gasteiger partial charge in [0, 0.05) is 13.7 Å². The molecule has 0 saturated carbocycles. The fraction of sp³-hybridized carbons (Fsp3) is 0.364. The molecule has 0 spiro atoms. The number of nitrogens with two attached hydrogens (primary N) is 1. The van der Waals surface area contributed by atoms with Gasteiger partial charge in [0.05, 0.1) is 17.6 Å². The van der Waals surface area contributed by atoms with Crippen molar-refractivity contribution >= 4 is 45.9 Å². The SMILES string of the molecule is COCCNC(N)=NCc1ccc(O)c(Br)c1.I. The number of guanidine groups is 1. The predicted molar refractivity (Wildman–Crippen MR) is 86.4 cm³/mol. The Morgan fingerprint density at radius 2 is 2.28 bits per heavy atom. The Hall–Kier alpha value is -0.540. The first kappa shape index (κ1) is 17.5. The number of phenols is 1. The molecule has 18 heavy (non-hydrogen) atoms. The first-order valence-corrected chi connectivity index (χ1v) is 5.93. The van der Waals surface area contributed by atoms with Gasteiger partial charge in [-0.3, -0.25) is 0 Å². The van der Waals surface area contributed by atoms with Gasteiger partial charge in [-0.05, 0) is 33.6 Å². The Balaban J connectivity index is 0.00000289. The molecule has 0 bridgehead atoms. The van der Waals surface area contributed by atoms with E-state index in [1.165, 1.54) is 0 Å². The minimum absolute atomic E-state index is 0. The van der Waals surface area contributed by atoms with Crippen LogP contribution >= 0.6 is 39.9 Å². The summed E-state index contributed by atoms with van der Waals surface area (Å²) < 4.78 is 5.53. The molecule has 0 aliphatic carbocycles. The summed E-state index contributed by atoms with van der Waals surface area (Å²) in [6, 6.07) is 5.22. The highest BCUT2D eigenvalue weighted by Gasteiger charge is 1.99. The van der Waals surface area contributed by atoms with Crippen LogP contribution in [0.1, 0.15) is 5.56 Å². The van der Waals surface area contributed by atoms with Crippen molar-refractivity contribution in [2.24, 2.45) is 10.7 Å². The van der Waals surface area contributed by atoms with Gasteiger partial charge in [-0.15, -0.1) is 24.0 Å². The summed E-state index contributed by atoms with van der Waals surface area (Å²) in [6.45, 7) is 1.68. The summed E-state index contributed by atoms with van der Waals surface area (Å²) in [5.74, 6) is 0.593. The van der Waals surface area contributed by atoms with E-state index in [1.807, 2.05) is 0 Å². The Morgan fingerprint density at radius 3 is 2.89 bits per heavy atom. The summed E-state index contributed by atoms with van der Waals surface area (Å²) in [5.41, 5.74) is 6.62. The lowest BCUT2D eigenvalue weighted by Crippen LogP contribution is -2.34. The Bertz CT molecular complexity index is 402. The lowest BCUT2D eigenvalue weighted by Gasteiger charge is -2.05. The lowest BCUT2D eigenvalue weighted by molar-refractivity contribution is 0.204. The van der Waals surface area contributed by atoms with Crippen LogP contribution in [0.2, 0.25) is 0 Å². The van der Waals surface area contributed by atoms with Crippen LogP contribution in [-0.4, -0.2) is 31.3 Å². The largest absolute Gasteiger partial charge is 0.507 e. The minimum Gasteiger partial charge on any atom is -0.507 e. The molecular formula is C11H17BrIN3O2. The van der Waals surface area contributed by atoms with E-state index in [-0.39, 0.29) is 29.7 Å². The first-order chi connectivity index (χ1) is 8.13. The van der Waals surface area contributed by atoms with E-state index in [9.17, 15) is 5.11 Å². The smallest absolute Gasteiger partial charge is 0.188 e. The molecule has 0 amide bonds. The number of nitrogens with one attached hydrogen (secondary N) is 1. The van der Waals surface area contributed by atoms with Gasteiger partial charge in [0.15, 0.2) is 5.96 Å². The molecule has 0 aliphatic heterocycles. The fourth-order valence-corrected chi connectivity index (χ4v) is 1.59. The second-order valence-corrected chi connectivity index (χ2v) is 4.26. The third kappa shape index (κ3) is 6.41. The average Bonchev–Trinajstić information content (AvgIpc) is 2.31. The number of halogens is 2. The molecule has 4 N–H and O–H groups in total. The van der Waals surface area contributed by atoms with E-state index in [4.69, 9.17) is 10.5 Å². The van der Waals surface area contributed by atoms with Crippen LogP contribution in [0.5, 0.6) is 5.75 Å². The number of rotatable bonds is 5. The van der Waals surface area contributed by atoms with Gasteiger partial charge in [-0.1, -0.05) is 6.07 Å². The monoisotopic (exact) mass is 429 g/mol. The zero-order valence-electron chi connectivity index (χ0n) is 10.0. The number of benzene rings is 1. The maximum Gasteiger partial charge on any atom is 0.188 e. The van der Waals surface area contributed by atoms with Crippen molar-refractivity contribution in [3.63, 3.8) is 0 Å². The molecule has 1 aromatic rings. The highest BCUT2D eigenvalue weighted by atomic mass is 127. The molecule has 0 fully saturated rings. The van der Waals surface area contributed by atoms with Gasteiger partial charge in [-0.25, -0.2) is 4.99 Å². The number of aromatic hydroxyl groups is 1. The maximum absolute atomic E-state index is 9.33. The first-order valence-electron chi connectivity index (χ1n) is 5.13. The van der Waals surface area contributed by atoms with E-state index in [0.29, 0.717) is 30.1 Å². The van der Waals surface area contributed by atoms with Crippen molar-refractivity contribution < 1.29 is 9.84 Å². The number of phenolic OH excluding ortho intramolecular Hbond substituents is 1. The number of ether oxygens (including phenoxy) is 1. The number of hydrogen-bond donors (Lipinski definition) is 3. The molecule has 0 unspecified atom stereocenters. The van der Waals surface area contributed by atoms with Gasteiger partial charge in [-0.2, -0.15) is 0 Å². The van der Waals surface area contributed by atoms with Gasteiger partial charge in [0.1, 0.15) is 5.75 Å². The molecular weight excluding hydrogens is 413 g/mol. The van der Waals surface area contributed by atoms with Gasteiger partial charge >= 0.3 is 0 Å². The summed E-state index contributed by atoms with van der Waals surface area (Å²) in [4.78, 5) is 4.16. The van der Waals surface area contributed by atoms with Crippen LogP contribution in [0.4, 0.5) is 0 Å². The van der Waals surface area contributed by atoms with Crippen LogP contribution in [-0.2, 0) is 11.3 Å². The maximum atomic E-state index is 9.33. The van der Waals surface area contributed by atoms with E-state index >= 15 is 0 Å². The Kier molecular flexibility index (Phi) is 9.12. The van der Waals surface area contributed by atoms with Crippen LogP contribution in [0, 0.1) is 0 Å². The Morgan fingerprint density at radius 1 is 1.56 bits per heavy atom. The molecule has 7 heteroatoms. The lowest BCUT2D eigenvalue weighted by atomic mass is 10.2. The van der Waals surface area contributed by atoms with Crippen LogP contribution in [0.15, 0.2) is 27.7 Å². The third-order valence-corrected chi connectivity index (χ3v) is 2.69. The molecule has 0 aromatic heterocycles. The van der Waals surface area contributed by atoms with Gasteiger partial charge < -0.3 is 20.9 Å². The molecule has 0 aliphatic rings. The second kappa shape index (κ2) is 9.40. The number of methoxy groups -OCH3 is 1. The molecule has 1 rings (SSSR count). The van der Waals surface area contributed by atoms with Crippen molar-refractivity contribution in [3.8, 4) is 5.75 Å². The normalized spacial score (nSPS) is 10.9. The molecule has 0 radical (unpaired) electrons. The van der Waals surface area contributed by atoms with Gasteiger partial charge in [0.2, 0.25) is 0 Å². The van der Waals surface area contributed by atoms with Gasteiger partial charge in [0.25, 0.3) is 0 Å². The standard InChI is InChI=1S/C11H16BrN3O2.HI/c1-17-5-4-14-11(13)15-7-8-2-3-10(16)9(12)6-8;/h2-3,6,16H,4-5,7H2,1H3,(H3,13,14,15);1H. The summed E-state index contributed by atoms with van der Waals surface area (Å²) in [6.07, 6.45) is 0. The molecule has 5 nitrogen and oxygen atoms in total. The second-order valence-electron chi connectivity index (χ2n) is 3.41. The molecule has 0 heterocycles. The number of nitrogens with zero attached hydrogens (tertiary/aromatic N) is 1. The van der Waals surface area contributed by atoms with Crippen molar-refractivity contribution in [1.82, 2.24) is 5.32 Å². The van der Waals surface area contributed by atoms with Crippen molar-refractivity contribution in [3.05, 3.63) is 28.2 Å².